The van der Waals surface area contributed by atoms with Crippen LogP contribution in [0.15, 0.2) is 58.7 Å². The summed E-state index contributed by atoms with van der Waals surface area (Å²) in [7, 11) is 0. The van der Waals surface area contributed by atoms with E-state index in [2.05, 4.69) is 10.2 Å². The van der Waals surface area contributed by atoms with Crippen molar-refractivity contribution < 1.29 is 9.84 Å². The number of rotatable bonds is 7. The summed E-state index contributed by atoms with van der Waals surface area (Å²) in [5.41, 5.74) is 8.57. The average molecular weight is 343 g/mol. The predicted molar refractivity (Wildman–Crippen MR) is 100 cm³/mol. The second kappa shape index (κ2) is 9.75. The minimum absolute atomic E-state index is 0.0879. The van der Waals surface area contributed by atoms with Crippen LogP contribution in [0.25, 0.3) is 0 Å². The number of ether oxygens (including phenoxy) is 1. The number of nitrogens with zero attached hydrogens (tertiary/aromatic N) is 2. The summed E-state index contributed by atoms with van der Waals surface area (Å²) in [4.78, 5) is 0. The average Bonchev–Trinajstić information content (AvgIpc) is 2.62. The summed E-state index contributed by atoms with van der Waals surface area (Å²) in [5.74, 6) is 1.43. The molecule has 2 aromatic carbocycles. The normalized spacial score (nSPS) is 11.8. The summed E-state index contributed by atoms with van der Waals surface area (Å²) < 4.78 is 5.44. The van der Waals surface area contributed by atoms with E-state index < -0.39 is 0 Å². The number of hydrogen-bond acceptors (Lipinski definition) is 5. The maximum Gasteiger partial charge on any atom is 0.180 e. The van der Waals surface area contributed by atoms with Crippen molar-refractivity contribution in [2.75, 3.05) is 6.61 Å². The van der Waals surface area contributed by atoms with Gasteiger partial charge in [0.25, 0.3) is 0 Å². The van der Waals surface area contributed by atoms with Crippen molar-refractivity contribution in [2.45, 2.75) is 19.3 Å². The van der Waals surface area contributed by atoms with Gasteiger partial charge < -0.3 is 15.6 Å². The van der Waals surface area contributed by atoms with Crippen LogP contribution in [0.2, 0.25) is 0 Å². The lowest BCUT2D eigenvalue weighted by molar-refractivity contribution is 0.267. The number of aliphatic hydroxyl groups excluding tert-OH is 1. The molecule has 2 rings (SSSR count). The van der Waals surface area contributed by atoms with Crippen LogP contribution in [-0.4, -0.2) is 23.1 Å². The standard InChI is InChI=1S/C18H21N3O2S/c1-2-23-17-9-8-15(10-16(17)12-22)11-20-21-18(19)24-13-14-6-4-3-5-7-14/h3-11,22H,2,12-13H2,1H3,(H2,19,21). The summed E-state index contributed by atoms with van der Waals surface area (Å²) in [6, 6.07) is 15.5. The van der Waals surface area contributed by atoms with Crippen molar-refractivity contribution in [3.63, 3.8) is 0 Å². The Bertz CT molecular complexity index is 703. The molecule has 0 unspecified atom stereocenters. The molecule has 5 nitrogen and oxygen atoms in total. The zero-order valence-electron chi connectivity index (χ0n) is 13.6. The highest BCUT2D eigenvalue weighted by Crippen LogP contribution is 2.19. The van der Waals surface area contributed by atoms with Gasteiger partial charge in [-0.3, -0.25) is 0 Å². The van der Waals surface area contributed by atoms with Crippen molar-refractivity contribution in [1.82, 2.24) is 0 Å². The molecular weight excluding hydrogens is 322 g/mol. The fourth-order valence-electron chi connectivity index (χ4n) is 2.01. The molecule has 0 aromatic heterocycles. The third kappa shape index (κ3) is 5.72. The minimum atomic E-state index is -0.0879. The van der Waals surface area contributed by atoms with Crippen LogP contribution in [0.1, 0.15) is 23.6 Å². The van der Waals surface area contributed by atoms with Gasteiger partial charge in [0.05, 0.1) is 19.4 Å². The quantitative estimate of drug-likeness (QED) is 0.460. The minimum Gasteiger partial charge on any atom is -0.494 e. The Morgan fingerprint density at radius 2 is 2.04 bits per heavy atom. The maximum atomic E-state index is 9.39. The summed E-state index contributed by atoms with van der Waals surface area (Å²) in [6.45, 7) is 2.37. The van der Waals surface area contributed by atoms with Crippen LogP contribution in [-0.2, 0) is 12.4 Å². The lowest BCUT2D eigenvalue weighted by atomic mass is 10.1. The number of benzene rings is 2. The van der Waals surface area contributed by atoms with E-state index in [4.69, 9.17) is 10.5 Å². The van der Waals surface area contributed by atoms with E-state index >= 15 is 0 Å². The first-order chi connectivity index (χ1) is 11.7. The number of amidine groups is 1. The van der Waals surface area contributed by atoms with E-state index in [1.54, 1.807) is 6.21 Å². The van der Waals surface area contributed by atoms with Gasteiger partial charge in [0.2, 0.25) is 0 Å². The first-order valence-electron chi connectivity index (χ1n) is 7.62. The van der Waals surface area contributed by atoms with E-state index in [9.17, 15) is 5.11 Å². The Kier molecular flexibility index (Phi) is 7.32. The van der Waals surface area contributed by atoms with Crippen molar-refractivity contribution in [3.8, 4) is 5.75 Å². The Morgan fingerprint density at radius 1 is 1.25 bits per heavy atom. The van der Waals surface area contributed by atoms with E-state index in [0.717, 1.165) is 16.9 Å². The summed E-state index contributed by atoms with van der Waals surface area (Å²) >= 11 is 1.44. The summed E-state index contributed by atoms with van der Waals surface area (Å²) in [6.07, 6.45) is 1.60. The lowest BCUT2D eigenvalue weighted by Gasteiger charge is -2.08. The second-order valence-electron chi connectivity index (χ2n) is 4.92. The van der Waals surface area contributed by atoms with Gasteiger partial charge in [-0.15, -0.1) is 5.10 Å². The molecular formula is C18H21N3O2S. The largest absolute Gasteiger partial charge is 0.494 e. The van der Waals surface area contributed by atoms with Crippen molar-refractivity contribution in [3.05, 3.63) is 65.2 Å². The van der Waals surface area contributed by atoms with Crippen LogP contribution >= 0.6 is 11.8 Å². The molecule has 0 spiro atoms. The molecule has 6 heteroatoms. The Hall–Kier alpha value is -2.31. The van der Waals surface area contributed by atoms with Gasteiger partial charge in [-0.05, 0) is 36.2 Å². The molecule has 0 heterocycles. The number of nitrogens with two attached hydrogens (primary N) is 1. The topological polar surface area (TPSA) is 80.2 Å². The van der Waals surface area contributed by atoms with E-state index in [1.807, 2.05) is 55.5 Å². The van der Waals surface area contributed by atoms with E-state index in [1.165, 1.54) is 17.3 Å². The van der Waals surface area contributed by atoms with Gasteiger partial charge >= 0.3 is 0 Å². The van der Waals surface area contributed by atoms with E-state index in [0.29, 0.717) is 17.5 Å². The fourth-order valence-corrected chi connectivity index (χ4v) is 2.62. The fraction of sp³-hybridized carbons (Fsp3) is 0.222. The Balaban J connectivity index is 1.94. The Labute approximate surface area is 146 Å². The highest BCUT2D eigenvalue weighted by atomic mass is 32.2. The first kappa shape index (κ1) is 18.0. The molecule has 0 aliphatic carbocycles. The number of thioether (sulfide) groups is 1. The molecule has 2 aromatic rings. The lowest BCUT2D eigenvalue weighted by Crippen LogP contribution is -2.06. The van der Waals surface area contributed by atoms with Gasteiger partial charge in [0.1, 0.15) is 5.75 Å². The van der Waals surface area contributed by atoms with E-state index in [-0.39, 0.29) is 6.61 Å². The molecule has 24 heavy (non-hydrogen) atoms. The monoisotopic (exact) mass is 343 g/mol. The molecule has 0 bridgehead atoms. The van der Waals surface area contributed by atoms with Gasteiger partial charge in [0, 0.05) is 11.3 Å². The molecule has 0 aliphatic heterocycles. The smallest absolute Gasteiger partial charge is 0.180 e. The highest BCUT2D eigenvalue weighted by molar-refractivity contribution is 8.13. The first-order valence-corrected chi connectivity index (χ1v) is 8.61. The Morgan fingerprint density at radius 3 is 2.75 bits per heavy atom. The zero-order chi connectivity index (χ0) is 17.2. The highest BCUT2D eigenvalue weighted by Gasteiger charge is 2.03. The third-order valence-electron chi connectivity index (χ3n) is 3.15. The molecule has 126 valence electrons. The molecule has 0 saturated heterocycles. The van der Waals surface area contributed by atoms with Gasteiger partial charge in [0.15, 0.2) is 5.17 Å². The van der Waals surface area contributed by atoms with Crippen molar-refractivity contribution in [1.29, 1.82) is 0 Å². The van der Waals surface area contributed by atoms with Crippen LogP contribution in [0, 0.1) is 0 Å². The van der Waals surface area contributed by atoms with Crippen LogP contribution in [0.4, 0.5) is 0 Å². The van der Waals surface area contributed by atoms with Gasteiger partial charge in [-0.2, -0.15) is 5.10 Å². The zero-order valence-corrected chi connectivity index (χ0v) is 14.4. The van der Waals surface area contributed by atoms with Crippen molar-refractivity contribution in [2.24, 2.45) is 15.9 Å². The third-order valence-corrected chi connectivity index (χ3v) is 4.00. The molecule has 0 aliphatic rings. The number of aliphatic hydroxyl groups is 1. The summed E-state index contributed by atoms with van der Waals surface area (Å²) in [5, 5.41) is 17.8. The van der Waals surface area contributed by atoms with Gasteiger partial charge in [-0.25, -0.2) is 0 Å². The second-order valence-corrected chi connectivity index (χ2v) is 5.91. The predicted octanol–water partition coefficient (Wildman–Crippen LogP) is 3.16. The van der Waals surface area contributed by atoms with Crippen LogP contribution < -0.4 is 10.5 Å². The molecule has 0 fully saturated rings. The SMILES string of the molecule is CCOc1ccc(C=NN=C(N)SCc2ccccc2)cc1CO. The maximum absolute atomic E-state index is 9.39. The molecule has 0 radical (unpaired) electrons. The van der Waals surface area contributed by atoms with Crippen LogP contribution in [0.3, 0.4) is 0 Å². The van der Waals surface area contributed by atoms with Gasteiger partial charge in [-0.1, -0.05) is 42.1 Å². The molecule has 0 saturated carbocycles. The van der Waals surface area contributed by atoms with Crippen molar-refractivity contribution >= 4 is 23.1 Å². The molecule has 0 atom stereocenters. The molecule has 3 N–H and O–H groups in total. The number of hydrogen-bond donors (Lipinski definition) is 2. The van der Waals surface area contributed by atoms with Crippen LogP contribution in [0.5, 0.6) is 5.75 Å². The molecule has 0 amide bonds.